The number of aryl methyl sites for hydroxylation is 1. The van der Waals surface area contributed by atoms with Gasteiger partial charge < -0.3 is 4.90 Å². The Labute approximate surface area is 178 Å². The molecule has 0 radical (unpaired) electrons. The van der Waals surface area contributed by atoms with Crippen LogP contribution in [0.15, 0.2) is 18.2 Å². The lowest BCUT2D eigenvalue weighted by molar-refractivity contribution is -0.140. The topological polar surface area (TPSA) is 52.2 Å². The molecule has 31 heavy (non-hydrogen) atoms. The number of hydrogen-bond acceptors (Lipinski definition) is 3. The van der Waals surface area contributed by atoms with Crippen LogP contribution in [0.4, 0.5) is 17.6 Å². The number of nitrogens with one attached hydrogen (secondary N) is 1. The number of carbonyl (C=O) groups is 1. The number of hydrogen-bond donors (Lipinski definition) is 1. The minimum atomic E-state index is -4.74. The van der Waals surface area contributed by atoms with E-state index in [0.717, 1.165) is 43.3 Å². The van der Waals surface area contributed by atoms with Crippen LogP contribution in [0, 0.1) is 5.82 Å². The quantitative estimate of drug-likeness (QED) is 0.725. The van der Waals surface area contributed by atoms with Crippen molar-refractivity contribution in [3.05, 3.63) is 52.1 Å². The van der Waals surface area contributed by atoms with Gasteiger partial charge in [-0.3, -0.25) is 14.8 Å². The van der Waals surface area contributed by atoms with E-state index in [-0.39, 0.29) is 11.5 Å². The Morgan fingerprint density at radius 2 is 1.97 bits per heavy atom. The Morgan fingerprint density at radius 3 is 2.65 bits per heavy atom. The van der Waals surface area contributed by atoms with Crippen molar-refractivity contribution in [2.75, 3.05) is 26.2 Å². The molecule has 0 aliphatic carbocycles. The molecule has 2 aromatic rings. The molecule has 1 saturated heterocycles. The van der Waals surface area contributed by atoms with Gasteiger partial charge in [0.15, 0.2) is 5.69 Å². The maximum atomic E-state index is 13.9. The SMILES string of the molecule is CCN1CCCc2[nH]nc(C(=O)N3CCC(c4cccc(F)c4C(F)(F)F)CC3)c2C1. The van der Waals surface area contributed by atoms with E-state index in [0.29, 0.717) is 38.2 Å². The fraction of sp³-hybridized carbons (Fsp3) is 0.545. The Balaban J connectivity index is 1.49. The summed E-state index contributed by atoms with van der Waals surface area (Å²) in [5.41, 5.74) is 1.12. The maximum Gasteiger partial charge on any atom is 0.419 e. The van der Waals surface area contributed by atoms with Crippen LogP contribution in [0.25, 0.3) is 0 Å². The summed E-state index contributed by atoms with van der Waals surface area (Å²) in [4.78, 5) is 17.1. The van der Waals surface area contributed by atoms with Crippen LogP contribution >= 0.6 is 0 Å². The van der Waals surface area contributed by atoms with Crippen LogP contribution < -0.4 is 0 Å². The lowest BCUT2D eigenvalue weighted by atomic mass is 9.86. The summed E-state index contributed by atoms with van der Waals surface area (Å²) in [6.45, 7) is 5.23. The monoisotopic (exact) mass is 438 g/mol. The Kier molecular flexibility index (Phi) is 6.05. The molecule has 0 atom stereocenters. The molecule has 5 nitrogen and oxygen atoms in total. The molecule has 1 N–H and O–H groups in total. The van der Waals surface area contributed by atoms with Gasteiger partial charge in [-0.2, -0.15) is 18.3 Å². The summed E-state index contributed by atoms with van der Waals surface area (Å²) < 4.78 is 54.1. The molecule has 1 aromatic carbocycles. The summed E-state index contributed by atoms with van der Waals surface area (Å²) in [7, 11) is 0. The molecule has 2 aliphatic heterocycles. The number of aromatic amines is 1. The number of halogens is 4. The van der Waals surface area contributed by atoms with Crippen LogP contribution in [0.5, 0.6) is 0 Å². The maximum absolute atomic E-state index is 13.9. The molecule has 0 bridgehead atoms. The van der Waals surface area contributed by atoms with Crippen molar-refractivity contribution < 1.29 is 22.4 Å². The third kappa shape index (κ3) is 4.33. The number of aromatic nitrogens is 2. The van der Waals surface area contributed by atoms with E-state index in [1.165, 1.54) is 12.1 Å². The fourth-order valence-electron chi connectivity index (χ4n) is 4.73. The average molecular weight is 438 g/mol. The number of alkyl halides is 3. The molecule has 3 heterocycles. The molecule has 1 amide bonds. The lowest BCUT2D eigenvalue weighted by Crippen LogP contribution is -2.39. The molecule has 2 aliphatic rings. The molecule has 0 unspecified atom stereocenters. The van der Waals surface area contributed by atoms with Crippen molar-refractivity contribution >= 4 is 5.91 Å². The van der Waals surface area contributed by atoms with E-state index in [2.05, 4.69) is 22.0 Å². The number of benzene rings is 1. The van der Waals surface area contributed by atoms with Gasteiger partial charge in [0.05, 0.1) is 5.56 Å². The first-order valence-electron chi connectivity index (χ1n) is 10.7. The summed E-state index contributed by atoms with van der Waals surface area (Å²) in [6.07, 6.45) is -2.20. The number of likely N-dealkylation sites (tertiary alicyclic amines) is 1. The highest BCUT2D eigenvalue weighted by Crippen LogP contribution is 2.40. The number of rotatable bonds is 3. The van der Waals surface area contributed by atoms with E-state index in [4.69, 9.17) is 0 Å². The van der Waals surface area contributed by atoms with Crippen molar-refractivity contribution in [1.82, 2.24) is 20.0 Å². The van der Waals surface area contributed by atoms with Gasteiger partial charge in [-0.1, -0.05) is 19.1 Å². The fourth-order valence-corrected chi connectivity index (χ4v) is 4.73. The highest BCUT2D eigenvalue weighted by molar-refractivity contribution is 5.94. The van der Waals surface area contributed by atoms with Gasteiger partial charge in [0.2, 0.25) is 0 Å². The van der Waals surface area contributed by atoms with Crippen LogP contribution in [-0.4, -0.2) is 52.1 Å². The average Bonchev–Trinajstić information content (AvgIpc) is 3.02. The molecule has 1 aromatic heterocycles. The standard InChI is InChI=1S/C22H26F4N4O/c1-2-29-10-4-7-18-16(13-29)20(28-27-18)21(31)30-11-8-14(9-12-30)15-5-3-6-17(23)19(15)22(24,25)26/h3,5-6,14H,2,4,7-13H2,1H3,(H,27,28). The van der Waals surface area contributed by atoms with Crippen LogP contribution in [-0.2, 0) is 19.1 Å². The van der Waals surface area contributed by atoms with E-state index >= 15 is 0 Å². The van der Waals surface area contributed by atoms with Crippen LogP contribution in [0.2, 0.25) is 0 Å². The van der Waals surface area contributed by atoms with E-state index < -0.39 is 23.5 Å². The highest BCUT2D eigenvalue weighted by atomic mass is 19.4. The van der Waals surface area contributed by atoms with Gasteiger partial charge in [0, 0.05) is 30.9 Å². The van der Waals surface area contributed by atoms with Crippen molar-refractivity contribution in [2.24, 2.45) is 0 Å². The lowest BCUT2D eigenvalue weighted by Gasteiger charge is -2.33. The molecular formula is C22H26F4N4O. The first-order valence-corrected chi connectivity index (χ1v) is 10.7. The number of piperidine rings is 1. The van der Waals surface area contributed by atoms with Gasteiger partial charge in [-0.05, 0) is 56.3 Å². The third-order valence-electron chi connectivity index (χ3n) is 6.44. The van der Waals surface area contributed by atoms with Crippen LogP contribution in [0.3, 0.4) is 0 Å². The smallest absolute Gasteiger partial charge is 0.337 e. The molecule has 0 saturated carbocycles. The molecular weight excluding hydrogens is 412 g/mol. The third-order valence-corrected chi connectivity index (χ3v) is 6.44. The predicted molar refractivity (Wildman–Crippen MR) is 107 cm³/mol. The zero-order valence-electron chi connectivity index (χ0n) is 17.4. The van der Waals surface area contributed by atoms with Gasteiger partial charge in [0.25, 0.3) is 5.91 Å². The second-order valence-corrected chi connectivity index (χ2v) is 8.27. The van der Waals surface area contributed by atoms with E-state index in [1.807, 2.05) is 0 Å². The minimum absolute atomic E-state index is 0.0215. The second kappa shape index (κ2) is 8.61. The number of carbonyl (C=O) groups excluding carboxylic acids is 1. The van der Waals surface area contributed by atoms with Crippen molar-refractivity contribution in [2.45, 2.75) is 51.2 Å². The molecule has 4 rings (SSSR count). The van der Waals surface area contributed by atoms with Gasteiger partial charge in [-0.15, -0.1) is 0 Å². The summed E-state index contributed by atoms with van der Waals surface area (Å²) in [5.74, 6) is -1.88. The van der Waals surface area contributed by atoms with E-state index in [1.54, 1.807) is 4.90 Å². The highest BCUT2D eigenvalue weighted by Gasteiger charge is 2.39. The molecule has 168 valence electrons. The Hall–Kier alpha value is -2.42. The normalized spacial score (nSPS) is 18.7. The summed E-state index contributed by atoms with van der Waals surface area (Å²) in [6, 6.07) is 3.50. The first-order chi connectivity index (χ1) is 14.8. The number of nitrogens with zero attached hydrogens (tertiary/aromatic N) is 3. The zero-order valence-corrected chi connectivity index (χ0v) is 17.4. The predicted octanol–water partition coefficient (Wildman–Crippen LogP) is 4.36. The first kappa shape index (κ1) is 21.8. The van der Waals surface area contributed by atoms with Crippen molar-refractivity contribution in [3.8, 4) is 0 Å². The number of fused-ring (bicyclic) bond motifs is 1. The molecule has 0 spiro atoms. The number of H-pyrrole nitrogens is 1. The van der Waals surface area contributed by atoms with Gasteiger partial charge in [-0.25, -0.2) is 4.39 Å². The Bertz CT molecular complexity index is 947. The van der Waals surface area contributed by atoms with Crippen molar-refractivity contribution in [1.29, 1.82) is 0 Å². The van der Waals surface area contributed by atoms with Crippen LogP contribution in [0.1, 0.15) is 65.0 Å². The minimum Gasteiger partial charge on any atom is -0.337 e. The zero-order chi connectivity index (χ0) is 22.2. The van der Waals surface area contributed by atoms with Crippen molar-refractivity contribution in [3.63, 3.8) is 0 Å². The molecule has 1 fully saturated rings. The van der Waals surface area contributed by atoms with Gasteiger partial charge in [0.1, 0.15) is 5.82 Å². The van der Waals surface area contributed by atoms with E-state index in [9.17, 15) is 22.4 Å². The van der Waals surface area contributed by atoms with Gasteiger partial charge >= 0.3 is 6.18 Å². The largest absolute Gasteiger partial charge is 0.419 e. The summed E-state index contributed by atoms with van der Waals surface area (Å²) in [5, 5.41) is 7.28. The number of amides is 1. The second-order valence-electron chi connectivity index (χ2n) is 8.27. The summed E-state index contributed by atoms with van der Waals surface area (Å²) >= 11 is 0. The Morgan fingerprint density at radius 1 is 1.23 bits per heavy atom. The molecule has 9 heteroatoms.